The highest BCUT2D eigenvalue weighted by Gasteiger charge is 2.33. The molecule has 0 bridgehead atoms. The summed E-state index contributed by atoms with van der Waals surface area (Å²) in [6.45, 7) is 6.91. The quantitative estimate of drug-likeness (QED) is 0.882. The second-order valence-electron chi connectivity index (χ2n) is 5.98. The van der Waals surface area contributed by atoms with Gasteiger partial charge in [0.2, 0.25) is 0 Å². The summed E-state index contributed by atoms with van der Waals surface area (Å²) in [6.07, 6.45) is 1.44. The van der Waals surface area contributed by atoms with Crippen molar-refractivity contribution in [3.63, 3.8) is 0 Å². The molecule has 3 unspecified atom stereocenters. The molecule has 1 aromatic rings. The van der Waals surface area contributed by atoms with Crippen molar-refractivity contribution in [2.75, 3.05) is 26.7 Å². The second-order valence-corrected chi connectivity index (χ2v) is 5.98. The number of likely N-dealkylation sites (N-methyl/N-ethyl adjacent to an activating group) is 1. The highest BCUT2D eigenvalue weighted by molar-refractivity contribution is 5.25. The summed E-state index contributed by atoms with van der Waals surface area (Å²) in [5.74, 6) is 0. The lowest BCUT2D eigenvalue weighted by Gasteiger charge is -2.37. The van der Waals surface area contributed by atoms with Gasteiger partial charge in [0, 0.05) is 31.2 Å². The Morgan fingerprint density at radius 1 is 1.37 bits per heavy atom. The van der Waals surface area contributed by atoms with Gasteiger partial charge >= 0.3 is 0 Å². The van der Waals surface area contributed by atoms with Gasteiger partial charge in [-0.25, -0.2) is 0 Å². The Morgan fingerprint density at radius 2 is 2.05 bits per heavy atom. The Balaban J connectivity index is 2.10. The molecule has 1 aromatic carbocycles. The minimum absolute atomic E-state index is 0.00167. The smallest absolute Gasteiger partial charge is 0.0702 e. The average molecular weight is 262 g/mol. The van der Waals surface area contributed by atoms with Crippen molar-refractivity contribution in [3.8, 4) is 0 Å². The van der Waals surface area contributed by atoms with Crippen LogP contribution < -0.4 is 5.73 Å². The zero-order chi connectivity index (χ0) is 13.9. The number of hydrogen-bond donors (Lipinski definition) is 1. The van der Waals surface area contributed by atoms with Crippen LogP contribution in [0, 0.1) is 0 Å². The first-order chi connectivity index (χ1) is 9.07. The topological polar surface area (TPSA) is 38.5 Å². The molecule has 19 heavy (non-hydrogen) atoms. The lowest BCUT2D eigenvalue weighted by molar-refractivity contribution is 0.0765. The first-order valence-corrected chi connectivity index (χ1v) is 7.14. The predicted octanol–water partition coefficient (Wildman–Crippen LogP) is 2.01. The van der Waals surface area contributed by atoms with Crippen LogP contribution in [0.1, 0.15) is 25.8 Å². The Bertz CT molecular complexity index is 395. The standard InChI is InChI=1S/C16H26N2O/c1-13-15(9-10-19-13)18(3)12-16(2,11-17)14-7-5-4-6-8-14/h4-8,13,15H,9-12,17H2,1-3H3. The van der Waals surface area contributed by atoms with E-state index in [9.17, 15) is 0 Å². The average Bonchev–Trinajstić information content (AvgIpc) is 2.86. The van der Waals surface area contributed by atoms with Crippen LogP contribution in [0.5, 0.6) is 0 Å². The molecule has 1 heterocycles. The van der Waals surface area contributed by atoms with E-state index in [4.69, 9.17) is 10.5 Å². The van der Waals surface area contributed by atoms with E-state index >= 15 is 0 Å². The van der Waals surface area contributed by atoms with E-state index < -0.39 is 0 Å². The van der Waals surface area contributed by atoms with Crippen molar-refractivity contribution < 1.29 is 4.74 Å². The monoisotopic (exact) mass is 262 g/mol. The maximum Gasteiger partial charge on any atom is 0.0702 e. The van der Waals surface area contributed by atoms with Crippen LogP contribution >= 0.6 is 0 Å². The Hall–Kier alpha value is -0.900. The second kappa shape index (κ2) is 6.04. The molecule has 0 aliphatic carbocycles. The Kier molecular flexibility index (Phi) is 4.61. The van der Waals surface area contributed by atoms with Gasteiger partial charge in [-0.2, -0.15) is 0 Å². The van der Waals surface area contributed by atoms with E-state index in [2.05, 4.69) is 56.1 Å². The van der Waals surface area contributed by atoms with E-state index in [0.717, 1.165) is 19.6 Å². The molecule has 0 saturated carbocycles. The largest absolute Gasteiger partial charge is 0.377 e. The number of benzene rings is 1. The lowest BCUT2D eigenvalue weighted by Crippen LogP contribution is -2.47. The lowest BCUT2D eigenvalue weighted by atomic mass is 9.81. The van der Waals surface area contributed by atoms with Crippen LogP contribution in [-0.2, 0) is 10.2 Å². The van der Waals surface area contributed by atoms with Gasteiger partial charge in [0.15, 0.2) is 0 Å². The summed E-state index contributed by atoms with van der Waals surface area (Å²) in [5.41, 5.74) is 7.38. The van der Waals surface area contributed by atoms with Crippen LogP contribution in [0.15, 0.2) is 30.3 Å². The van der Waals surface area contributed by atoms with Crippen LogP contribution in [0.2, 0.25) is 0 Å². The highest BCUT2D eigenvalue weighted by Crippen LogP contribution is 2.26. The van der Waals surface area contributed by atoms with Crippen LogP contribution in [-0.4, -0.2) is 43.8 Å². The number of rotatable bonds is 5. The van der Waals surface area contributed by atoms with Crippen molar-refractivity contribution in [2.24, 2.45) is 5.73 Å². The number of nitrogens with zero attached hydrogens (tertiary/aromatic N) is 1. The van der Waals surface area contributed by atoms with Gasteiger partial charge in [0.05, 0.1) is 6.10 Å². The number of ether oxygens (including phenoxy) is 1. The fraction of sp³-hybridized carbons (Fsp3) is 0.625. The predicted molar refractivity (Wildman–Crippen MR) is 79.3 cm³/mol. The third-order valence-corrected chi connectivity index (χ3v) is 4.42. The van der Waals surface area contributed by atoms with E-state index in [1.165, 1.54) is 5.56 Å². The zero-order valence-electron chi connectivity index (χ0n) is 12.3. The summed E-state index contributed by atoms with van der Waals surface area (Å²) in [5, 5.41) is 0. The van der Waals surface area contributed by atoms with E-state index in [1.54, 1.807) is 0 Å². The van der Waals surface area contributed by atoms with E-state index in [1.807, 2.05) is 0 Å². The van der Waals surface area contributed by atoms with Gasteiger partial charge in [-0.1, -0.05) is 37.3 Å². The maximum atomic E-state index is 6.06. The normalized spacial score (nSPS) is 26.6. The molecular weight excluding hydrogens is 236 g/mol. The Labute approximate surface area is 116 Å². The summed E-state index contributed by atoms with van der Waals surface area (Å²) in [4.78, 5) is 2.41. The number of nitrogens with two attached hydrogens (primary N) is 1. The summed E-state index contributed by atoms with van der Waals surface area (Å²) >= 11 is 0. The molecule has 3 heteroatoms. The molecule has 1 saturated heterocycles. The summed E-state index contributed by atoms with van der Waals surface area (Å²) < 4.78 is 5.67. The van der Waals surface area contributed by atoms with Crippen molar-refractivity contribution in [2.45, 2.75) is 37.8 Å². The van der Waals surface area contributed by atoms with Gasteiger partial charge in [-0.15, -0.1) is 0 Å². The molecule has 3 nitrogen and oxygen atoms in total. The third kappa shape index (κ3) is 3.16. The summed E-state index contributed by atoms with van der Waals surface area (Å²) in [6, 6.07) is 11.1. The maximum absolute atomic E-state index is 6.06. The van der Waals surface area contributed by atoms with Crippen molar-refractivity contribution in [3.05, 3.63) is 35.9 Å². The molecule has 1 aliphatic heterocycles. The molecule has 2 rings (SSSR count). The van der Waals surface area contributed by atoms with Gasteiger partial charge in [-0.3, -0.25) is 4.90 Å². The molecule has 3 atom stereocenters. The minimum atomic E-state index is -0.00167. The molecule has 2 N–H and O–H groups in total. The van der Waals surface area contributed by atoms with E-state index in [-0.39, 0.29) is 5.41 Å². The molecule has 0 radical (unpaired) electrons. The molecule has 106 valence electrons. The van der Waals surface area contributed by atoms with Crippen LogP contribution in [0.3, 0.4) is 0 Å². The van der Waals surface area contributed by atoms with Crippen molar-refractivity contribution >= 4 is 0 Å². The van der Waals surface area contributed by atoms with E-state index in [0.29, 0.717) is 18.7 Å². The van der Waals surface area contributed by atoms with Gasteiger partial charge < -0.3 is 10.5 Å². The van der Waals surface area contributed by atoms with Crippen molar-refractivity contribution in [1.82, 2.24) is 4.90 Å². The molecule has 1 aliphatic rings. The zero-order valence-corrected chi connectivity index (χ0v) is 12.3. The minimum Gasteiger partial charge on any atom is -0.377 e. The highest BCUT2D eigenvalue weighted by atomic mass is 16.5. The number of hydrogen-bond acceptors (Lipinski definition) is 3. The fourth-order valence-corrected chi connectivity index (χ4v) is 3.08. The first kappa shape index (κ1) is 14.5. The first-order valence-electron chi connectivity index (χ1n) is 7.14. The molecular formula is C16H26N2O. The molecule has 0 aromatic heterocycles. The molecule has 0 amide bonds. The molecule has 1 fully saturated rings. The van der Waals surface area contributed by atoms with Gasteiger partial charge in [-0.05, 0) is 26.0 Å². The van der Waals surface area contributed by atoms with Gasteiger partial charge in [0.25, 0.3) is 0 Å². The SMILES string of the molecule is CC1OCCC1N(C)CC(C)(CN)c1ccccc1. The summed E-state index contributed by atoms with van der Waals surface area (Å²) in [7, 11) is 2.19. The van der Waals surface area contributed by atoms with Crippen molar-refractivity contribution in [1.29, 1.82) is 0 Å². The molecule has 0 spiro atoms. The van der Waals surface area contributed by atoms with Crippen LogP contribution in [0.4, 0.5) is 0 Å². The Morgan fingerprint density at radius 3 is 2.58 bits per heavy atom. The fourth-order valence-electron chi connectivity index (χ4n) is 3.08. The van der Waals surface area contributed by atoms with Crippen LogP contribution in [0.25, 0.3) is 0 Å². The third-order valence-electron chi connectivity index (χ3n) is 4.42. The van der Waals surface area contributed by atoms with Gasteiger partial charge in [0.1, 0.15) is 0 Å².